The molecule has 0 atom stereocenters. The highest BCUT2D eigenvalue weighted by molar-refractivity contribution is 9.11. The third kappa shape index (κ3) is 4.47. The number of halogens is 3. The highest BCUT2D eigenvalue weighted by Gasteiger charge is 2.08. The summed E-state index contributed by atoms with van der Waals surface area (Å²) in [4.78, 5) is 0. The summed E-state index contributed by atoms with van der Waals surface area (Å²) in [7, 11) is 0. The van der Waals surface area contributed by atoms with Gasteiger partial charge in [0, 0.05) is 16.7 Å². The van der Waals surface area contributed by atoms with Crippen molar-refractivity contribution in [3.8, 4) is 5.75 Å². The summed E-state index contributed by atoms with van der Waals surface area (Å²) in [6.07, 6.45) is 0. The third-order valence-electron chi connectivity index (χ3n) is 3.00. The van der Waals surface area contributed by atoms with Gasteiger partial charge in [-0.25, -0.2) is 0 Å². The van der Waals surface area contributed by atoms with E-state index >= 15 is 0 Å². The molecule has 5 heteroatoms. The normalized spacial score (nSPS) is 10.5. The van der Waals surface area contributed by atoms with Crippen LogP contribution >= 0.6 is 47.8 Å². The molecule has 0 aliphatic carbocycles. The summed E-state index contributed by atoms with van der Waals surface area (Å²) in [5.41, 5.74) is 3.50. The first-order chi connectivity index (χ1) is 10.0. The van der Waals surface area contributed by atoms with Crippen LogP contribution in [0.25, 0.3) is 0 Å². The van der Waals surface area contributed by atoms with E-state index in [0.717, 1.165) is 31.4 Å². The molecule has 0 heterocycles. The molecule has 0 aromatic heterocycles. The first-order valence-corrected chi connectivity index (χ1v) is 9.00. The van der Waals surface area contributed by atoms with Crippen molar-refractivity contribution in [3.05, 3.63) is 54.9 Å². The van der Waals surface area contributed by atoms with E-state index < -0.39 is 0 Å². The number of aryl methyl sites for hydroxylation is 1. The average molecular weight is 478 g/mol. The Morgan fingerprint density at radius 2 is 1.67 bits per heavy atom. The zero-order valence-corrected chi connectivity index (χ0v) is 16.6. The van der Waals surface area contributed by atoms with Crippen molar-refractivity contribution in [2.45, 2.75) is 20.4 Å². The van der Waals surface area contributed by atoms with E-state index in [-0.39, 0.29) is 0 Å². The summed E-state index contributed by atoms with van der Waals surface area (Å²) in [5, 5.41) is 3.43. The maximum atomic E-state index is 5.59. The molecule has 0 saturated heterocycles. The van der Waals surface area contributed by atoms with E-state index in [0.29, 0.717) is 6.61 Å². The minimum atomic E-state index is 0.646. The monoisotopic (exact) mass is 475 g/mol. The van der Waals surface area contributed by atoms with Gasteiger partial charge >= 0.3 is 0 Å². The molecule has 1 N–H and O–H groups in total. The highest BCUT2D eigenvalue weighted by Crippen LogP contribution is 2.35. The van der Waals surface area contributed by atoms with Crippen molar-refractivity contribution >= 4 is 53.5 Å². The van der Waals surface area contributed by atoms with E-state index in [9.17, 15) is 0 Å². The SMILES string of the molecule is CCOc1c(Br)cc(CNc2ccc(Br)c(C)c2)cc1Br. The first kappa shape index (κ1) is 16.8. The Morgan fingerprint density at radius 1 is 1.00 bits per heavy atom. The molecule has 2 aromatic carbocycles. The van der Waals surface area contributed by atoms with Crippen LogP contribution in [0.1, 0.15) is 18.1 Å². The van der Waals surface area contributed by atoms with Crippen LogP contribution in [0, 0.1) is 6.92 Å². The fraction of sp³-hybridized carbons (Fsp3) is 0.250. The lowest BCUT2D eigenvalue weighted by Crippen LogP contribution is -2.01. The van der Waals surface area contributed by atoms with Gasteiger partial charge in [0.25, 0.3) is 0 Å². The molecule has 2 nitrogen and oxygen atoms in total. The van der Waals surface area contributed by atoms with E-state index in [4.69, 9.17) is 4.74 Å². The highest BCUT2D eigenvalue weighted by atomic mass is 79.9. The molecule has 21 heavy (non-hydrogen) atoms. The van der Waals surface area contributed by atoms with Gasteiger partial charge in [0.15, 0.2) is 0 Å². The smallest absolute Gasteiger partial charge is 0.147 e. The molecule has 0 spiro atoms. The van der Waals surface area contributed by atoms with Gasteiger partial charge in [0.2, 0.25) is 0 Å². The number of hydrogen-bond donors (Lipinski definition) is 1. The van der Waals surface area contributed by atoms with Gasteiger partial charge in [0.1, 0.15) is 5.75 Å². The van der Waals surface area contributed by atoms with Crippen molar-refractivity contribution < 1.29 is 4.74 Å². The number of nitrogens with one attached hydrogen (secondary N) is 1. The van der Waals surface area contributed by atoms with Crippen LogP contribution in [0.15, 0.2) is 43.7 Å². The molecular weight excluding hydrogens is 462 g/mol. The fourth-order valence-electron chi connectivity index (χ4n) is 1.96. The second-order valence-electron chi connectivity index (χ2n) is 4.64. The fourth-order valence-corrected chi connectivity index (χ4v) is 3.71. The molecule has 0 aliphatic rings. The van der Waals surface area contributed by atoms with Crippen LogP contribution in [0.5, 0.6) is 5.75 Å². The van der Waals surface area contributed by atoms with E-state index in [1.807, 2.05) is 6.92 Å². The van der Waals surface area contributed by atoms with Gasteiger partial charge in [0.05, 0.1) is 15.6 Å². The van der Waals surface area contributed by atoms with Gasteiger partial charge in [-0.2, -0.15) is 0 Å². The Labute approximate surface area is 150 Å². The zero-order valence-electron chi connectivity index (χ0n) is 11.8. The molecule has 0 unspecified atom stereocenters. The maximum Gasteiger partial charge on any atom is 0.147 e. The Kier molecular flexibility index (Phi) is 6.14. The second-order valence-corrected chi connectivity index (χ2v) is 7.20. The molecule has 0 bridgehead atoms. The topological polar surface area (TPSA) is 21.3 Å². The van der Waals surface area contributed by atoms with Crippen LogP contribution in [0.2, 0.25) is 0 Å². The van der Waals surface area contributed by atoms with Gasteiger partial charge in [-0.05, 0) is 87.2 Å². The lowest BCUT2D eigenvalue weighted by atomic mass is 10.2. The average Bonchev–Trinajstić information content (AvgIpc) is 2.44. The lowest BCUT2D eigenvalue weighted by molar-refractivity contribution is 0.336. The first-order valence-electron chi connectivity index (χ1n) is 6.62. The Hall–Kier alpha value is -0.520. The molecule has 0 fully saturated rings. The van der Waals surface area contributed by atoms with E-state index in [2.05, 4.69) is 90.4 Å². The number of anilines is 1. The van der Waals surface area contributed by atoms with Gasteiger partial charge in [-0.15, -0.1) is 0 Å². The van der Waals surface area contributed by atoms with Crippen LogP contribution in [-0.2, 0) is 6.54 Å². The third-order valence-corrected chi connectivity index (χ3v) is 5.07. The van der Waals surface area contributed by atoms with E-state index in [1.54, 1.807) is 0 Å². The van der Waals surface area contributed by atoms with Crippen LogP contribution in [0.4, 0.5) is 5.69 Å². The Bertz CT molecular complexity index is 620. The lowest BCUT2D eigenvalue weighted by Gasteiger charge is -2.12. The minimum Gasteiger partial charge on any atom is -0.492 e. The summed E-state index contributed by atoms with van der Waals surface area (Å²) in [6, 6.07) is 10.4. The van der Waals surface area contributed by atoms with Crippen molar-refractivity contribution in [3.63, 3.8) is 0 Å². The predicted octanol–water partition coefficient (Wildman–Crippen LogP) is 6.29. The number of benzene rings is 2. The predicted molar refractivity (Wildman–Crippen MR) is 99.2 cm³/mol. The van der Waals surface area contributed by atoms with Crippen molar-refractivity contribution in [1.29, 1.82) is 0 Å². The largest absolute Gasteiger partial charge is 0.492 e. The Balaban J connectivity index is 2.11. The summed E-state index contributed by atoms with van der Waals surface area (Å²) in [6.45, 7) is 5.46. The molecule has 0 amide bonds. The zero-order chi connectivity index (χ0) is 15.4. The van der Waals surface area contributed by atoms with Crippen LogP contribution in [0.3, 0.4) is 0 Å². The van der Waals surface area contributed by atoms with Crippen molar-refractivity contribution in [2.24, 2.45) is 0 Å². The molecule has 0 saturated carbocycles. The van der Waals surface area contributed by atoms with Crippen LogP contribution < -0.4 is 10.1 Å². The van der Waals surface area contributed by atoms with Gasteiger partial charge < -0.3 is 10.1 Å². The summed E-state index contributed by atoms with van der Waals surface area (Å²) >= 11 is 10.6. The second kappa shape index (κ2) is 7.65. The molecule has 2 rings (SSSR count). The molecule has 112 valence electrons. The minimum absolute atomic E-state index is 0.646. The van der Waals surface area contributed by atoms with Crippen molar-refractivity contribution in [2.75, 3.05) is 11.9 Å². The number of hydrogen-bond acceptors (Lipinski definition) is 2. The molecule has 0 aliphatic heterocycles. The molecule has 2 aromatic rings. The maximum absolute atomic E-state index is 5.59. The quantitative estimate of drug-likeness (QED) is 0.546. The summed E-state index contributed by atoms with van der Waals surface area (Å²) in [5.74, 6) is 0.848. The van der Waals surface area contributed by atoms with Crippen molar-refractivity contribution in [1.82, 2.24) is 0 Å². The van der Waals surface area contributed by atoms with Gasteiger partial charge in [-0.3, -0.25) is 0 Å². The molecule has 0 radical (unpaired) electrons. The Morgan fingerprint density at radius 3 is 2.24 bits per heavy atom. The standard InChI is InChI=1S/C16H16Br3NO/c1-3-21-16-14(18)7-11(8-15(16)19)9-20-12-4-5-13(17)10(2)6-12/h4-8,20H,3,9H2,1-2H3. The van der Waals surface area contributed by atoms with Crippen LogP contribution in [-0.4, -0.2) is 6.61 Å². The number of rotatable bonds is 5. The van der Waals surface area contributed by atoms with Gasteiger partial charge in [-0.1, -0.05) is 15.9 Å². The van der Waals surface area contributed by atoms with E-state index in [1.165, 1.54) is 11.1 Å². The molecular formula is C16H16Br3NO. The summed E-state index contributed by atoms with van der Waals surface area (Å²) < 4.78 is 8.64. The number of ether oxygens (including phenoxy) is 1.